The summed E-state index contributed by atoms with van der Waals surface area (Å²) < 4.78 is 23.5. The fourth-order valence-electron chi connectivity index (χ4n) is 1.30. The van der Waals surface area contributed by atoms with Crippen LogP contribution in [0.1, 0.15) is 5.56 Å². The molecule has 1 rings (SSSR count). The van der Waals surface area contributed by atoms with Crippen LogP contribution in [0.15, 0.2) is 29.2 Å². The predicted octanol–water partition coefficient (Wildman–Crippen LogP) is -0.0573. The highest BCUT2D eigenvalue weighted by atomic mass is 32.2. The van der Waals surface area contributed by atoms with Crippen molar-refractivity contribution in [2.75, 3.05) is 20.6 Å². The average molecular weight is 243 g/mol. The molecule has 16 heavy (non-hydrogen) atoms. The van der Waals surface area contributed by atoms with Gasteiger partial charge < -0.3 is 5.73 Å². The van der Waals surface area contributed by atoms with Gasteiger partial charge in [0.15, 0.2) is 0 Å². The molecular weight excluding hydrogens is 226 g/mol. The van der Waals surface area contributed by atoms with Gasteiger partial charge in [0.05, 0.1) is 4.90 Å². The van der Waals surface area contributed by atoms with Gasteiger partial charge in [-0.25, -0.2) is 13.4 Å². The molecular formula is C10H17N3O2S. The molecule has 1 aromatic carbocycles. The van der Waals surface area contributed by atoms with E-state index in [4.69, 9.17) is 5.73 Å². The highest BCUT2D eigenvalue weighted by Crippen LogP contribution is 2.10. The minimum Gasteiger partial charge on any atom is -0.330 e. The predicted molar refractivity (Wildman–Crippen MR) is 63.2 cm³/mol. The van der Waals surface area contributed by atoms with Gasteiger partial charge in [0.1, 0.15) is 0 Å². The third-order valence-corrected chi connectivity index (χ3v) is 3.47. The molecule has 0 aliphatic carbocycles. The van der Waals surface area contributed by atoms with Crippen LogP contribution in [0, 0.1) is 0 Å². The first-order valence-corrected chi connectivity index (χ1v) is 6.43. The van der Waals surface area contributed by atoms with Crippen molar-refractivity contribution in [3.63, 3.8) is 0 Å². The Labute approximate surface area is 96.3 Å². The first-order chi connectivity index (χ1) is 7.45. The van der Waals surface area contributed by atoms with Crippen LogP contribution in [-0.2, 0) is 16.4 Å². The number of hydrogen-bond donors (Lipinski definition) is 2. The van der Waals surface area contributed by atoms with Crippen molar-refractivity contribution in [1.29, 1.82) is 0 Å². The molecule has 0 radical (unpaired) electrons. The fraction of sp³-hybridized carbons (Fsp3) is 0.400. The average Bonchev–Trinajstić information content (AvgIpc) is 2.17. The highest BCUT2D eigenvalue weighted by Gasteiger charge is 2.13. The number of nitrogens with two attached hydrogens (primary N) is 1. The van der Waals surface area contributed by atoms with Crippen molar-refractivity contribution in [1.82, 2.24) is 9.84 Å². The standard InChI is InChI=1S/C10H17N3O2S/c1-13(2)12-16(14,15)10-5-3-9(4-6-10)7-8-11/h3-6,12H,7-8,11H2,1-2H3. The van der Waals surface area contributed by atoms with Crippen molar-refractivity contribution in [3.05, 3.63) is 29.8 Å². The zero-order valence-electron chi connectivity index (χ0n) is 9.47. The molecule has 5 nitrogen and oxygen atoms in total. The largest absolute Gasteiger partial charge is 0.330 e. The highest BCUT2D eigenvalue weighted by molar-refractivity contribution is 7.89. The maximum Gasteiger partial charge on any atom is 0.253 e. The molecule has 0 aromatic heterocycles. The Kier molecular flexibility index (Phi) is 4.43. The molecule has 0 saturated heterocycles. The number of hydrogen-bond acceptors (Lipinski definition) is 4. The Morgan fingerprint density at radius 1 is 1.25 bits per heavy atom. The van der Waals surface area contributed by atoms with E-state index in [0.29, 0.717) is 6.54 Å². The summed E-state index contributed by atoms with van der Waals surface area (Å²) in [4.78, 5) is 2.62. The van der Waals surface area contributed by atoms with Crippen molar-refractivity contribution < 1.29 is 8.42 Å². The van der Waals surface area contributed by atoms with E-state index in [1.165, 1.54) is 5.01 Å². The van der Waals surface area contributed by atoms with E-state index in [0.717, 1.165) is 12.0 Å². The number of nitrogens with one attached hydrogen (secondary N) is 1. The van der Waals surface area contributed by atoms with E-state index >= 15 is 0 Å². The van der Waals surface area contributed by atoms with Crippen molar-refractivity contribution in [2.24, 2.45) is 5.73 Å². The number of rotatable bonds is 5. The fourth-order valence-corrected chi connectivity index (χ4v) is 2.38. The maximum atomic E-state index is 11.7. The van der Waals surface area contributed by atoms with E-state index in [2.05, 4.69) is 4.83 Å². The molecule has 6 heteroatoms. The number of sulfonamides is 1. The van der Waals surface area contributed by atoms with Gasteiger partial charge >= 0.3 is 0 Å². The van der Waals surface area contributed by atoms with E-state index in [-0.39, 0.29) is 4.90 Å². The van der Waals surface area contributed by atoms with E-state index in [1.54, 1.807) is 38.4 Å². The van der Waals surface area contributed by atoms with Crippen molar-refractivity contribution >= 4 is 10.0 Å². The molecule has 0 aliphatic heterocycles. The molecule has 0 fully saturated rings. The SMILES string of the molecule is CN(C)NS(=O)(=O)c1ccc(CCN)cc1. The molecule has 0 heterocycles. The van der Waals surface area contributed by atoms with Gasteiger partial charge in [-0.15, -0.1) is 4.83 Å². The summed E-state index contributed by atoms with van der Waals surface area (Å²) in [5.41, 5.74) is 6.45. The van der Waals surface area contributed by atoms with E-state index in [1.807, 2.05) is 0 Å². The lowest BCUT2D eigenvalue weighted by Gasteiger charge is -2.12. The van der Waals surface area contributed by atoms with Gasteiger partial charge in [-0.2, -0.15) is 0 Å². The van der Waals surface area contributed by atoms with Crippen LogP contribution in [0.4, 0.5) is 0 Å². The van der Waals surface area contributed by atoms with Gasteiger partial charge in [-0.05, 0) is 30.7 Å². The van der Waals surface area contributed by atoms with Gasteiger partial charge in [0.2, 0.25) is 0 Å². The Hall–Kier alpha value is -0.950. The van der Waals surface area contributed by atoms with Gasteiger partial charge in [0, 0.05) is 14.1 Å². The summed E-state index contributed by atoms with van der Waals surface area (Å²) in [6.45, 7) is 0.558. The molecule has 0 unspecified atom stereocenters. The summed E-state index contributed by atoms with van der Waals surface area (Å²) in [5, 5.41) is 1.39. The molecule has 0 atom stereocenters. The number of benzene rings is 1. The zero-order valence-corrected chi connectivity index (χ0v) is 10.3. The van der Waals surface area contributed by atoms with Crippen LogP contribution in [0.2, 0.25) is 0 Å². The molecule has 0 bridgehead atoms. The maximum absolute atomic E-state index is 11.7. The molecule has 90 valence electrons. The third-order valence-electron chi connectivity index (χ3n) is 1.97. The first-order valence-electron chi connectivity index (χ1n) is 4.94. The molecule has 0 amide bonds. The van der Waals surface area contributed by atoms with Gasteiger partial charge in [0.25, 0.3) is 10.0 Å². The summed E-state index contributed by atoms with van der Waals surface area (Å²) in [6, 6.07) is 6.71. The molecule has 3 N–H and O–H groups in total. The monoisotopic (exact) mass is 243 g/mol. The number of hydrazine groups is 1. The zero-order chi connectivity index (χ0) is 12.2. The summed E-state index contributed by atoms with van der Waals surface area (Å²) in [6.07, 6.45) is 0.751. The van der Waals surface area contributed by atoms with Crippen LogP contribution in [0.25, 0.3) is 0 Å². The Morgan fingerprint density at radius 3 is 2.25 bits per heavy atom. The van der Waals surface area contributed by atoms with Crippen molar-refractivity contribution in [3.8, 4) is 0 Å². The topological polar surface area (TPSA) is 75.4 Å². The van der Waals surface area contributed by atoms with Crippen LogP contribution in [-0.4, -0.2) is 34.1 Å². The van der Waals surface area contributed by atoms with Gasteiger partial charge in [-0.3, -0.25) is 0 Å². The van der Waals surface area contributed by atoms with Crippen LogP contribution < -0.4 is 10.6 Å². The second kappa shape index (κ2) is 5.40. The summed E-state index contributed by atoms with van der Waals surface area (Å²) in [5.74, 6) is 0. The van der Waals surface area contributed by atoms with Crippen LogP contribution >= 0.6 is 0 Å². The lowest BCUT2D eigenvalue weighted by Crippen LogP contribution is -2.36. The van der Waals surface area contributed by atoms with E-state index < -0.39 is 10.0 Å². The lowest BCUT2D eigenvalue weighted by molar-refractivity contribution is 0.364. The van der Waals surface area contributed by atoms with Gasteiger partial charge in [-0.1, -0.05) is 12.1 Å². The Balaban J connectivity index is 2.89. The quantitative estimate of drug-likeness (QED) is 0.711. The molecule has 0 saturated carbocycles. The van der Waals surface area contributed by atoms with Crippen LogP contribution in [0.3, 0.4) is 0 Å². The lowest BCUT2D eigenvalue weighted by atomic mass is 10.2. The van der Waals surface area contributed by atoms with Crippen LogP contribution in [0.5, 0.6) is 0 Å². The summed E-state index contributed by atoms with van der Waals surface area (Å²) in [7, 11) is -0.196. The Morgan fingerprint density at radius 2 is 1.81 bits per heavy atom. The normalized spacial score (nSPS) is 12.0. The summed E-state index contributed by atoms with van der Waals surface area (Å²) >= 11 is 0. The minimum absolute atomic E-state index is 0.252. The second-order valence-corrected chi connectivity index (χ2v) is 5.33. The smallest absolute Gasteiger partial charge is 0.253 e. The second-order valence-electron chi connectivity index (χ2n) is 3.67. The molecule has 1 aromatic rings. The Bertz CT molecular complexity index is 426. The molecule has 0 aliphatic rings. The van der Waals surface area contributed by atoms with Crippen molar-refractivity contribution in [2.45, 2.75) is 11.3 Å². The number of nitrogens with zero attached hydrogens (tertiary/aromatic N) is 1. The molecule has 0 spiro atoms. The van der Waals surface area contributed by atoms with E-state index in [9.17, 15) is 8.42 Å². The minimum atomic E-state index is -3.45. The first kappa shape index (κ1) is 13.1. The third kappa shape index (κ3) is 3.57.